The van der Waals surface area contributed by atoms with Gasteiger partial charge in [0, 0.05) is 19.7 Å². The van der Waals surface area contributed by atoms with E-state index in [4.69, 9.17) is 4.74 Å². The number of benzene rings is 2. The minimum absolute atomic E-state index is 0.00150. The lowest BCUT2D eigenvalue weighted by molar-refractivity contribution is 0.0827. The maximum absolute atomic E-state index is 11.9. The highest BCUT2D eigenvalue weighted by Crippen LogP contribution is 2.33. The average molecular weight is 323 g/mol. The van der Waals surface area contributed by atoms with E-state index in [1.54, 1.807) is 31.1 Å². The zero-order valence-electron chi connectivity index (χ0n) is 14.5. The van der Waals surface area contributed by atoms with Gasteiger partial charge in [-0.15, -0.1) is 0 Å². The van der Waals surface area contributed by atoms with Crippen molar-refractivity contribution in [2.75, 3.05) is 14.1 Å². The summed E-state index contributed by atoms with van der Waals surface area (Å²) < 4.78 is 5.89. The van der Waals surface area contributed by atoms with Gasteiger partial charge in [-0.2, -0.15) is 0 Å². The lowest BCUT2D eigenvalue weighted by Gasteiger charge is -2.22. The Balaban J connectivity index is 1.64. The minimum Gasteiger partial charge on any atom is -0.457 e. The van der Waals surface area contributed by atoms with E-state index in [1.807, 2.05) is 24.3 Å². The molecule has 0 bridgehead atoms. The smallest absolute Gasteiger partial charge is 0.253 e. The number of nitrogens with zero attached hydrogens (tertiary/aromatic N) is 1. The van der Waals surface area contributed by atoms with E-state index in [9.17, 15) is 4.79 Å². The molecule has 0 unspecified atom stereocenters. The maximum Gasteiger partial charge on any atom is 0.253 e. The molecule has 1 aliphatic rings. The third-order valence-electron chi connectivity index (χ3n) is 4.70. The number of hydrogen-bond donors (Lipinski definition) is 0. The number of amides is 1. The zero-order chi connectivity index (χ0) is 16.9. The van der Waals surface area contributed by atoms with Crippen LogP contribution in [0.15, 0.2) is 48.5 Å². The van der Waals surface area contributed by atoms with Crippen LogP contribution in [0.25, 0.3) is 0 Å². The Kier molecular flexibility index (Phi) is 5.19. The Morgan fingerprint density at radius 3 is 1.96 bits per heavy atom. The molecule has 1 fully saturated rings. The van der Waals surface area contributed by atoms with Gasteiger partial charge in [0.25, 0.3) is 5.91 Å². The zero-order valence-corrected chi connectivity index (χ0v) is 14.5. The predicted molar refractivity (Wildman–Crippen MR) is 96.8 cm³/mol. The summed E-state index contributed by atoms with van der Waals surface area (Å²) in [6.45, 7) is 0. The van der Waals surface area contributed by atoms with Crippen LogP contribution >= 0.6 is 0 Å². The van der Waals surface area contributed by atoms with Gasteiger partial charge in [-0.1, -0.05) is 31.4 Å². The summed E-state index contributed by atoms with van der Waals surface area (Å²) in [6.07, 6.45) is 6.69. The molecule has 0 atom stereocenters. The third kappa shape index (κ3) is 3.97. The van der Waals surface area contributed by atoms with Crippen molar-refractivity contribution >= 4 is 5.91 Å². The maximum atomic E-state index is 11.9. The Labute approximate surface area is 144 Å². The molecule has 3 nitrogen and oxygen atoms in total. The molecule has 126 valence electrons. The summed E-state index contributed by atoms with van der Waals surface area (Å²) >= 11 is 0. The van der Waals surface area contributed by atoms with E-state index in [-0.39, 0.29) is 5.91 Å². The topological polar surface area (TPSA) is 29.5 Å². The molecular weight excluding hydrogens is 298 g/mol. The van der Waals surface area contributed by atoms with Crippen molar-refractivity contribution in [1.82, 2.24) is 4.90 Å². The average Bonchev–Trinajstić information content (AvgIpc) is 2.63. The second kappa shape index (κ2) is 7.52. The molecular formula is C21H25NO2. The van der Waals surface area contributed by atoms with Gasteiger partial charge in [-0.3, -0.25) is 4.79 Å². The van der Waals surface area contributed by atoms with Crippen molar-refractivity contribution in [2.24, 2.45) is 0 Å². The van der Waals surface area contributed by atoms with Gasteiger partial charge in [0.15, 0.2) is 0 Å². The first-order chi connectivity index (χ1) is 11.6. The van der Waals surface area contributed by atoms with Gasteiger partial charge in [0.2, 0.25) is 0 Å². The molecule has 24 heavy (non-hydrogen) atoms. The summed E-state index contributed by atoms with van der Waals surface area (Å²) in [5.74, 6) is 2.29. The van der Waals surface area contributed by atoms with Crippen LogP contribution in [-0.4, -0.2) is 24.9 Å². The van der Waals surface area contributed by atoms with Crippen molar-refractivity contribution in [3.05, 3.63) is 59.7 Å². The molecule has 0 heterocycles. The van der Waals surface area contributed by atoms with Gasteiger partial charge in [0.1, 0.15) is 11.5 Å². The van der Waals surface area contributed by atoms with Crippen LogP contribution in [0.5, 0.6) is 11.5 Å². The van der Waals surface area contributed by atoms with Crippen molar-refractivity contribution in [1.29, 1.82) is 0 Å². The molecule has 0 N–H and O–H groups in total. The van der Waals surface area contributed by atoms with Crippen LogP contribution in [-0.2, 0) is 0 Å². The van der Waals surface area contributed by atoms with E-state index in [0.29, 0.717) is 11.5 Å². The van der Waals surface area contributed by atoms with E-state index in [0.717, 1.165) is 11.5 Å². The molecule has 0 aromatic heterocycles. The Bertz CT molecular complexity index is 668. The number of hydrogen-bond acceptors (Lipinski definition) is 2. The molecule has 2 aromatic rings. The fourth-order valence-electron chi connectivity index (χ4n) is 3.30. The van der Waals surface area contributed by atoms with E-state index < -0.39 is 0 Å². The minimum atomic E-state index is -0.00150. The lowest BCUT2D eigenvalue weighted by Crippen LogP contribution is -2.21. The van der Waals surface area contributed by atoms with Crippen LogP contribution < -0.4 is 4.74 Å². The second-order valence-corrected chi connectivity index (χ2v) is 6.73. The Morgan fingerprint density at radius 1 is 0.875 bits per heavy atom. The fraction of sp³-hybridized carbons (Fsp3) is 0.381. The molecule has 1 saturated carbocycles. The predicted octanol–water partition coefficient (Wildman–Crippen LogP) is 5.23. The molecule has 0 radical (unpaired) electrons. The molecule has 0 spiro atoms. The first-order valence-electron chi connectivity index (χ1n) is 8.73. The van der Waals surface area contributed by atoms with Crippen molar-refractivity contribution in [2.45, 2.75) is 38.0 Å². The summed E-state index contributed by atoms with van der Waals surface area (Å²) in [5.41, 5.74) is 2.09. The van der Waals surface area contributed by atoms with Gasteiger partial charge in [0.05, 0.1) is 0 Å². The summed E-state index contributed by atoms with van der Waals surface area (Å²) in [6, 6.07) is 15.7. The Morgan fingerprint density at radius 2 is 1.42 bits per heavy atom. The SMILES string of the molecule is CN(C)C(=O)c1ccc(Oc2ccc(C3CCCCC3)cc2)cc1. The summed E-state index contributed by atoms with van der Waals surface area (Å²) in [4.78, 5) is 13.5. The molecule has 3 rings (SSSR count). The van der Waals surface area contributed by atoms with Gasteiger partial charge in [-0.05, 0) is 60.7 Å². The third-order valence-corrected chi connectivity index (χ3v) is 4.70. The van der Waals surface area contributed by atoms with Crippen molar-refractivity contribution < 1.29 is 9.53 Å². The number of rotatable bonds is 4. The van der Waals surface area contributed by atoms with E-state index in [2.05, 4.69) is 12.1 Å². The van der Waals surface area contributed by atoms with Gasteiger partial charge in [-0.25, -0.2) is 0 Å². The van der Waals surface area contributed by atoms with Crippen molar-refractivity contribution in [3.8, 4) is 11.5 Å². The molecule has 2 aromatic carbocycles. The Hall–Kier alpha value is -2.29. The van der Waals surface area contributed by atoms with E-state index in [1.165, 1.54) is 37.7 Å². The standard InChI is InChI=1S/C21H25NO2/c1-22(2)21(23)18-10-14-20(15-11-18)24-19-12-8-17(9-13-19)16-6-4-3-5-7-16/h8-16H,3-7H2,1-2H3. The number of carbonyl (C=O) groups is 1. The van der Waals surface area contributed by atoms with Crippen LogP contribution in [0.4, 0.5) is 0 Å². The molecule has 0 saturated heterocycles. The van der Waals surface area contributed by atoms with Crippen LogP contribution in [0, 0.1) is 0 Å². The van der Waals surface area contributed by atoms with Gasteiger partial charge < -0.3 is 9.64 Å². The monoisotopic (exact) mass is 323 g/mol. The highest BCUT2D eigenvalue weighted by atomic mass is 16.5. The second-order valence-electron chi connectivity index (χ2n) is 6.73. The van der Waals surface area contributed by atoms with Crippen LogP contribution in [0.3, 0.4) is 0 Å². The quantitative estimate of drug-likeness (QED) is 0.771. The number of ether oxygens (including phenoxy) is 1. The number of carbonyl (C=O) groups excluding carboxylic acids is 1. The van der Waals surface area contributed by atoms with Crippen LogP contribution in [0.2, 0.25) is 0 Å². The summed E-state index contributed by atoms with van der Waals surface area (Å²) in [5, 5.41) is 0. The fourth-order valence-corrected chi connectivity index (χ4v) is 3.30. The first-order valence-corrected chi connectivity index (χ1v) is 8.73. The van der Waals surface area contributed by atoms with Crippen LogP contribution in [0.1, 0.15) is 53.9 Å². The highest BCUT2D eigenvalue weighted by Gasteiger charge is 2.15. The molecule has 0 aliphatic heterocycles. The normalized spacial score (nSPS) is 15.1. The van der Waals surface area contributed by atoms with Crippen molar-refractivity contribution in [3.63, 3.8) is 0 Å². The molecule has 1 aliphatic carbocycles. The molecule has 1 amide bonds. The molecule has 3 heteroatoms. The van der Waals surface area contributed by atoms with E-state index >= 15 is 0 Å². The largest absolute Gasteiger partial charge is 0.457 e. The van der Waals surface area contributed by atoms with Gasteiger partial charge >= 0.3 is 0 Å². The lowest BCUT2D eigenvalue weighted by atomic mass is 9.84. The summed E-state index contributed by atoms with van der Waals surface area (Å²) in [7, 11) is 3.50. The first kappa shape index (κ1) is 16.6. The highest BCUT2D eigenvalue weighted by molar-refractivity contribution is 5.93.